The Balaban J connectivity index is 2.75. The van der Waals surface area contributed by atoms with Gasteiger partial charge in [-0.1, -0.05) is 6.07 Å². The van der Waals surface area contributed by atoms with E-state index in [0.717, 1.165) is 0 Å². The molecule has 0 radical (unpaired) electrons. The maximum atomic E-state index is 9.54. The number of phenols is 1. The van der Waals surface area contributed by atoms with Crippen LogP contribution < -0.4 is 5.73 Å². The Bertz CT molecular complexity index is 282. The third-order valence-corrected chi connectivity index (χ3v) is 2.10. The molecule has 78 valence electrons. The molecule has 1 aromatic carbocycles. The van der Waals surface area contributed by atoms with Gasteiger partial charge in [0.1, 0.15) is 5.75 Å². The van der Waals surface area contributed by atoms with E-state index in [4.69, 9.17) is 10.8 Å². The predicted octanol–water partition coefficient (Wildman–Crippen LogP) is 0.398. The molecular formula is C10H16N2O2. The molecule has 14 heavy (non-hydrogen) atoms. The first-order valence-corrected chi connectivity index (χ1v) is 4.51. The van der Waals surface area contributed by atoms with E-state index in [-0.39, 0.29) is 12.4 Å². The lowest BCUT2D eigenvalue weighted by molar-refractivity contribution is 0.216. The Labute approximate surface area is 83.6 Å². The fourth-order valence-electron chi connectivity index (χ4n) is 1.28. The molecule has 4 heteroatoms. The van der Waals surface area contributed by atoms with Crippen LogP contribution in [0.2, 0.25) is 0 Å². The summed E-state index contributed by atoms with van der Waals surface area (Å²) in [6, 6.07) is 5.07. The number of nitrogens with two attached hydrogens (primary N) is 1. The average Bonchev–Trinajstić information content (AvgIpc) is 2.12. The number of likely N-dealkylation sites (N-methyl/N-ethyl adjacent to an activating group) is 1. The number of phenolic OH excluding ortho intramolecular Hbond substituents is 1. The third-order valence-electron chi connectivity index (χ3n) is 2.10. The van der Waals surface area contributed by atoms with Gasteiger partial charge in [0.25, 0.3) is 0 Å². The Morgan fingerprint density at radius 3 is 2.71 bits per heavy atom. The number of rotatable bonds is 4. The van der Waals surface area contributed by atoms with Crippen molar-refractivity contribution in [2.24, 2.45) is 0 Å². The second kappa shape index (κ2) is 4.83. The lowest BCUT2D eigenvalue weighted by atomic mass is 10.1. The zero-order chi connectivity index (χ0) is 10.6. The topological polar surface area (TPSA) is 69.7 Å². The van der Waals surface area contributed by atoms with Gasteiger partial charge in [0.05, 0.1) is 6.61 Å². The van der Waals surface area contributed by atoms with Crippen LogP contribution in [0.3, 0.4) is 0 Å². The van der Waals surface area contributed by atoms with Crippen molar-refractivity contribution in [1.82, 2.24) is 4.90 Å². The molecule has 4 nitrogen and oxygen atoms in total. The minimum Gasteiger partial charge on any atom is -0.508 e. The Morgan fingerprint density at radius 2 is 2.14 bits per heavy atom. The van der Waals surface area contributed by atoms with Gasteiger partial charge in [-0.05, 0) is 19.2 Å². The van der Waals surface area contributed by atoms with E-state index in [1.54, 1.807) is 18.2 Å². The maximum absolute atomic E-state index is 9.54. The molecule has 1 rings (SSSR count). The van der Waals surface area contributed by atoms with Crippen LogP contribution in [0.1, 0.15) is 5.56 Å². The Hall–Kier alpha value is -1.26. The van der Waals surface area contributed by atoms with Crippen molar-refractivity contribution < 1.29 is 10.2 Å². The van der Waals surface area contributed by atoms with E-state index < -0.39 is 0 Å². The fraction of sp³-hybridized carbons (Fsp3) is 0.400. The number of hydrogen-bond donors (Lipinski definition) is 3. The van der Waals surface area contributed by atoms with E-state index in [0.29, 0.717) is 24.3 Å². The van der Waals surface area contributed by atoms with E-state index in [2.05, 4.69) is 0 Å². The zero-order valence-corrected chi connectivity index (χ0v) is 8.27. The van der Waals surface area contributed by atoms with Crippen LogP contribution in [0.15, 0.2) is 18.2 Å². The van der Waals surface area contributed by atoms with Crippen molar-refractivity contribution in [1.29, 1.82) is 0 Å². The summed E-state index contributed by atoms with van der Waals surface area (Å²) in [5.41, 5.74) is 7.01. The summed E-state index contributed by atoms with van der Waals surface area (Å²) in [5.74, 6) is 0.204. The SMILES string of the molecule is CN(CCO)Cc1c(N)cccc1O. The zero-order valence-electron chi connectivity index (χ0n) is 8.27. The highest BCUT2D eigenvalue weighted by Crippen LogP contribution is 2.23. The van der Waals surface area contributed by atoms with Gasteiger partial charge in [0.15, 0.2) is 0 Å². The van der Waals surface area contributed by atoms with E-state index in [9.17, 15) is 5.11 Å². The number of aliphatic hydroxyl groups is 1. The molecule has 0 heterocycles. The molecule has 0 fully saturated rings. The van der Waals surface area contributed by atoms with Crippen molar-refractivity contribution in [3.05, 3.63) is 23.8 Å². The number of aliphatic hydroxyl groups excluding tert-OH is 1. The van der Waals surface area contributed by atoms with Crippen molar-refractivity contribution in [2.45, 2.75) is 6.54 Å². The molecule has 0 aliphatic heterocycles. The highest BCUT2D eigenvalue weighted by atomic mass is 16.3. The summed E-state index contributed by atoms with van der Waals surface area (Å²) in [6.45, 7) is 1.21. The number of benzene rings is 1. The number of hydrogen-bond acceptors (Lipinski definition) is 4. The minimum atomic E-state index is 0.101. The quantitative estimate of drug-likeness (QED) is 0.610. The number of aromatic hydroxyl groups is 1. The second-order valence-electron chi connectivity index (χ2n) is 3.31. The lowest BCUT2D eigenvalue weighted by Crippen LogP contribution is -2.22. The first-order valence-electron chi connectivity index (χ1n) is 4.51. The standard InChI is InChI=1S/C10H16N2O2/c1-12(5-6-13)7-8-9(11)3-2-4-10(8)14/h2-4,13-14H,5-7,11H2,1H3. The minimum absolute atomic E-state index is 0.101. The van der Waals surface area contributed by atoms with Crippen LogP contribution in [-0.2, 0) is 6.54 Å². The molecule has 0 saturated heterocycles. The third kappa shape index (κ3) is 2.61. The summed E-state index contributed by atoms with van der Waals surface area (Å²) in [4.78, 5) is 1.89. The predicted molar refractivity (Wildman–Crippen MR) is 55.9 cm³/mol. The smallest absolute Gasteiger partial charge is 0.122 e. The van der Waals surface area contributed by atoms with Crippen LogP contribution in [0, 0.1) is 0 Å². The highest BCUT2D eigenvalue weighted by molar-refractivity contribution is 5.53. The van der Waals surface area contributed by atoms with Gasteiger partial charge in [0.2, 0.25) is 0 Å². The summed E-state index contributed by atoms with van der Waals surface area (Å²) < 4.78 is 0. The second-order valence-corrected chi connectivity index (χ2v) is 3.31. The van der Waals surface area contributed by atoms with E-state index >= 15 is 0 Å². The first kappa shape index (κ1) is 10.8. The van der Waals surface area contributed by atoms with Crippen LogP contribution in [0.25, 0.3) is 0 Å². The molecule has 0 aliphatic rings. The largest absolute Gasteiger partial charge is 0.508 e. The Morgan fingerprint density at radius 1 is 1.43 bits per heavy atom. The first-order chi connectivity index (χ1) is 6.65. The number of nitrogens with zero attached hydrogens (tertiary/aromatic N) is 1. The Kier molecular flexibility index (Phi) is 3.73. The van der Waals surface area contributed by atoms with Gasteiger partial charge in [-0.2, -0.15) is 0 Å². The van der Waals surface area contributed by atoms with Crippen LogP contribution in [0.5, 0.6) is 5.75 Å². The van der Waals surface area contributed by atoms with Crippen molar-refractivity contribution in [3.63, 3.8) is 0 Å². The molecule has 1 aromatic rings. The van der Waals surface area contributed by atoms with Crippen molar-refractivity contribution in [2.75, 3.05) is 25.9 Å². The molecule has 0 aliphatic carbocycles. The van der Waals surface area contributed by atoms with Crippen LogP contribution >= 0.6 is 0 Å². The molecule has 0 aromatic heterocycles. The summed E-state index contributed by atoms with van der Waals surface area (Å²) in [6.07, 6.45) is 0. The van der Waals surface area contributed by atoms with E-state index in [1.165, 1.54) is 0 Å². The van der Waals surface area contributed by atoms with Crippen molar-refractivity contribution >= 4 is 5.69 Å². The van der Waals surface area contributed by atoms with Gasteiger partial charge >= 0.3 is 0 Å². The molecule has 0 amide bonds. The fourth-order valence-corrected chi connectivity index (χ4v) is 1.28. The van der Waals surface area contributed by atoms with Gasteiger partial charge < -0.3 is 15.9 Å². The van der Waals surface area contributed by atoms with Gasteiger partial charge in [-0.3, -0.25) is 4.90 Å². The monoisotopic (exact) mass is 196 g/mol. The normalized spacial score (nSPS) is 10.8. The molecule has 0 spiro atoms. The maximum Gasteiger partial charge on any atom is 0.122 e. The van der Waals surface area contributed by atoms with Crippen molar-refractivity contribution in [3.8, 4) is 5.75 Å². The van der Waals surface area contributed by atoms with Gasteiger partial charge in [-0.25, -0.2) is 0 Å². The average molecular weight is 196 g/mol. The molecule has 0 atom stereocenters. The number of nitrogen functional groups attached to an aromatic ring is 1. The summed E-state index contributed by atoms with van der Waals surface area (Å²) in [7, 11) is 1.86. The highest BCUT2D eigenvalue weighted by Gasteiger charge is 2.07. The molecular weight excluding hydrogens is 180 g/mol. The summed E-state index contributed by atoms with van der Waals surface area (Å²) in [5, 5.41) is 18.3. The summed E-state index contributed by atoms with van der Waals surface area (Å²) >= 11 is 0. The molecule has 0 unspecified atom stereocenters. The molecule has 4 N–H and O–H groups in total. The van der Waals surface area contributed by atoms with E-state index in [1.807, 2.05) is 11.9 Å². The van der Waals surface area contributed by atoms with Gasteiger partial charge in [-0.15, -0.1) is 0 Å². The number of anilines is 1. The van der Waals surface area contributed by atoms with Gasteiger partial charge in [0, 0.05) is 24.3 Å². The van der Waals surface area contributed by atoms with Crippen LogP contribution in [0.4, 0.5) is 5.69 Å². The lowest BCUT2D eigenvalue weighted by Gasteiger charge is -2.17. The molecule has 0 bridgehead atoms. The van der Waals surface area contributed by atoms with Crippen LogP contribution in [-0.4, -0.2) is 35.3 Å². The molecule has 0 saturated carbocycles.